The summed E-state index contributed by atoms with van der Waals surface area (Å²) in [4.78, 5) is 0. The normalized spacial score (nSPS) is 17.7. The first-order chi connectivity index (χ1) is 7.31. The number of hydrogen-bond acceptors (Lipinski definition) is 3. The van der Waals surface area contributed by atoms with E-state index in [1.54, 1.807) is 13.2 Å². The Labute approximate surface area is 90.1 Å². The molecule has 0 radical (unpaired) electrons. The van der Waals surface area contributed by atoms with Gasteiger partial charge in [0, 0.05) is 6.07 Å². The van der Waals surface area contributed by atoms with Crippen LogP contribution in [0.2, 0.25) is 0 Å². The number of rotatable bonds is 2. The molecule has 15 heavy (non-hydrogen) atoms. The summed E-state index contributed by atoms with van der Waals surface area (Å²) >= 11 is 0. The topological polar surface area (TPSA) is 41.5 Å². The fourth-order valence-corrected chi connectivity index (χ4v) is 2.13. The van der Waals surface area contributed by atoms with Crippen molar-refractivity contribution in [3.05, 3.63) is 23.8 Å². The van der Waals surface area contributed by atoms with Gasteiger partial charge in [-0.3, -0.25) is 0 Å². The molecule has 2 rings (SSSR count). The van der Waals surface area contributed by atoms with Crippen LogP contribution in [0.5, 0.6) is 11.5 Å². The van der Waals surface area contributed by atoms with Crippen molar-refractivity contribution >= 4 is 0 Å². The lowest BCUT2D eigenvalue weighted by Crippen LogP contribution is -2.26. The molecule has 82 valence electrons. The second kappa shape index (κ2) is 4.53. The molecule has 3 nitrogen and oxygen atoms in total. The van der Waals surface area contributed by atoms with Crippen LogP contribution >= 0.6 is 0 Å². The Morgan fingerprint density at radius 1 is 1.33 bits per heavy atom. The first-order valence-electron chi connectivity index (χ1n) is 5.39. The zero-order valence-corrected chi connectivity index (χ0v) is 8.99. The van der Waals surface area contributed by atoms with Crippen LogP contribution in [0.1, 0.15) is 24.3 Å². The molecular weight excluding hydrogens is 190 g/mol. The fraction of sp³-hybridized carbons (Fsp3) is 0.500. The fourth-order valence-electron chi connectivity index (χ4n) is 2.13. The first-order valence-corrected chi connectivity index (χ1v) is 5.39. The molecule has 1 aliphatic heterocycles. The number of benzene rings is 1. The number of hydrogen-bond donors (Lipinski definition) is 2. The third-order valence-corrected chi connectivity index (χ3v) is 3.02. The third kappa shape index (κ3) is 2.23. The zero-order valence-electron chi connectivity index (χ0n) is 8.99. The van der Waals surface area contributed by atoms with Gasteiger partial charge in [-0.1, -0.05) is 6.07 Å². The Hall–Kier alpha value is -1.22. The molecule has 1 aromatic rings. The van der Waals surface area contributed by atoms with Gasteiger partial charge in [0.2, 0.25) is 0 Å². The minimum Gasteiger partial charge on any atom is -0.508 e. The molecule has 0 aliphatic carbocycles. The second-order valence-electron chi connectivity index (χ2n) is 3.95. The van der Waals surface area contributed by atoms with Crippen molar-refractivity contribution in [2.75, 3.05) is 20.2 Å². The number of methoxy groups -OCH3 is 1. The highest BCUT2D eigenvalue weighted by Crippen LogP contribution is 2.34. The van der Waals surface area contributed by atoms with Crippen molar-refractivity contribution in [1.82, 2.24) is 5.32 Å². The molecule has 1 aromatic carbocycles. The van der Waals surface area contributed by atoms with Crippen LogP contribution in [0.3, 0.4) is 0 Å². The van der Waals surface area contributed by atoms with E-state index in [1.165, 1.54) is 0 Å². The van der Waals surface area contributed by atoms with E-state index in [9.17, 15) is 5.11 Å². The van der Waals surface area contributed by atoms with Gasteiger partial charge in [-0.2, -0.15) is 0 Å². The van der Waals surface area contributed by atoms with Gasteiger partial charge < -0.3 is 15.2 Å². The molecule has 3 heteroatoms. The molecule has 2 N–H and O–H groups in total. The van der Waals surface area contributed by atoms with Crippen LogP contribution in [0.25, 0.3) is 0 Å². The molecule has 1 heterocycles. The van der Waals surface area contributed by atoms with Crippen molar-refractivity contribution in [3.8, 4) is 11.5 Å². The molecule has 0 unspecified atom stereocenters. The zero-order chi connectivity index (χ0) is 10.7. The van der Waals surface area contributed by atoms with Crippen LogP contribution in [0.15, 0.2) is 18.2 Å². The van der Waals surface area contributed by atoms with Gasteiger partial charge in [-0.05, 0) is 43.5 Å². The molecule has 0 bridgehead atoms. The summed E-state index contributed by atoms with van der Waals surface area (Å²) in [5, 5.41) is 13.2. The largest absolute Gasteiger partial charge is 0.508 e. The predicted molar refractivity (Wildman–Crippen MR) is 59.5 cm³/mol. The molecule has 1 saturated heterocycles. The summed E-state index contributed by atoms with van der Waals surface area (Å²) in [5.74, 6) is 1.56. The molecule has 1 aliphatic rings. The summed E-state index contributed by atoms with van der Waals surface area (Å²) in [7, 11) is 1.61. The molecular formula is C12H17NO2. The monoisotopic (exact) mass is 207 g/mol. The van der Waals surface area contributed by atoms with Crippen molar-refractivity contribution in [2.45, 2.75) is 18.8 Å². The van der Waals surface area contributed by atoms with Crippen molar-refractivity contribution < 1.29 is 9.84 Å². The van der Waals surface area contributed by atoms with E-state index in [2.05, 4.69) is 5.32 Å². The number of phenols is 1. The smallest absolute Gasteiger partial charge is 0.122 e. The highest BCUT2D eigenvalue weighted by atomic mass is 16.5. The number of nitrogens with one attached hydrogen (secondary N) is 1. The van der Waals surface area contributed by atoms with Crippen molar-refractivity contribution in [2.24, 2.45) is 0 Å². The van der Waals surface area contributed by atoms with E-state index in [4.69, 9.17) is 4.74 Å². The van der Waals surface area contributed by atoms with E-state index in [1.807, 2.05) is 12.1 Å². The molecule has 0 atom stereocenters. The Kier molecular flexibility index (Phi) is 3.11. The van der Waals surface area contributed by atoms with Gasteiger partial charge in [0.05, 0.1) is 7.11 Å². The van der Waals surface area contributed by atoms with Gasteiger partial charge in [0.1, 0.15) is 11.5 Å². The Morgan fingerprint density at radius 3 is 2.67 bits per heavy atom. The van der Waals surface area contributed by atoms with Crippen molar-refractivity contribution in [1.29, 1.82) is 0 Å². The van der Waals surface area contributed by atoms with E-state index in [0.29, 0.717) is 17.4 Å². The van der Waals surface area contributed by atoms with Gasteiger partial charge >= 0.3 is 0 Å². The molecule has 0 spiro atoms. The quantitative estimate of drug-likeness (QED) is 0.778. The molecule has 0 amide bonds. The maximum atomic E-state index is 9.87. The molecule has 1 fully saturated rings. The number of ether oxygens (including phenoxy) is 1. The Balaban J connectivity index is 2.19. The summed E-state index contributed by atoms with van der Waals surface area (Å²) in [6, 6.07) is 5.58. The third-order valence-electron chi connectivity index (χ3n) is 3.02. The van der Waals surface area contributed by atoms with Gasteiger partial charge in [-0.25, -0.2) is 0 Å². The van der Waals surface area contributed by atoms with Gasteiger partial charge in [-0.15, -0.1) is 0 Å². The molecule has 0 aromatic heterocycles. The highest BCUT2D eigenvalue weighted by molar-refractivity contribution is 5.41. The Morgan fingerprint density at radius 2 is 2.07 bits per heavy atom. The summed E-state index contributed by atoms with van der Waals surface area (Å²) in [6.07, 6.45) is 2.19. The van der Waals surface area contributed by atoms with E-state index in [-0.39, 0.29) is 0 Å². The lowest BCUT2D eigenvalue weighted by Gasteiger charge is -2.23. The summed E-state index contributed by atoms with van der Waals surface area (Å²) in [5.41, 5.74) is 1.05. The van der Waals surface area contributed by atoms with Gasteiger partial charge in [0.15, 0.2) is 0 Å². The average Bonchev–Trinajstić information content (AvgIpc) is 2.30. The molecule has 0 saturated carbocycles. The lowest BCUT2D eigenvalue weighted by atomic mass is 9.89. The minimum absolute atomic E-state index is 0.362. The van der Waals surface area contributed by atoms with Gasteiger partial charge in [0.25, 0.3) is 0 Å². The second-order valence-corrected chi connectivity index (χ2v) is 3.95. The SMILES string of the molecule is COc1ccc(C2CCNCC2)c(O)c1. The predicted octanol–water partition coefficient (Wildman–Crippen LogP) is 1.87. The van der Waals surface area contributed by atoms with Crippen molar-refractivity contribution in [3.63, 3.8) is 0 Å². The summed E-state index contributed by atoms with van der Waals surface area (Å²) in [6.45, 7) is 2.08. The van der Waals surface area contributed by atoms with E-state index >= 15 is 0 Å². The number of phenolic OH excluding ortho intramolecular Hbond substituents is 1. The van der Waals surface area contributed by atoms with Crippen LogP contribution in [-0.2, 0) is 0 Å². The maximum absolute atomic E-state index is 9.87. The minimum atomic E-state index is 0.362. The first kappa shape index (κ1) is 10.3. The van der Waals surface area contributed by atoms with Crippen LogP contribution in [-0.4, -0.2) is 25.3 Å². The maximum Gasteiger partial charge on any atom is 0.122 e. The lowest BCUT2D eigenvalue weighted by molar-refractivity contribution is 0.399. The van der Waals surface area contributed by atoms with E-state index in [0.717, 1.165) is 31.5 Å². The van der Waals surface area contributed by atoms with Crippen LogP contribution < -0.4 is 10.1 Å². The Bertz CT molecular complexity index is 332. The van der Waals surface area contributed by atoms with Crippen LogP contribution in [0, 0.1) is 0 Å². The number of aromatic hydroxyl groups is 1. The summed E-state index contributed by atoms with van der Waals surface area (Å²) < 4.78 is 5.06. The number of piperidine rings is 1. The average molecular weight is 207 g/mol. The van der Waals surface area contributed by atoms with E-state index < -0.39 is 0 Å². The standard InChI is InChI=1S/C12H17NO2/c1-15-10-2-3-11(12(14)8-10)9-4-6-13-7-5-9/h2-3,8-9,13-14H,4-7H2,1H3. The highest BCUT2D eigenvalue weighted by Gasteiger charge is 2.18. The van der Waals surface area contributed by atoms with Crippen LogP contribution in [0.4, 0.5) is 0 Å².